The molecule has 1 amide bonds. The second-order valence-corrected chi connectivity index (χ2v) is 6.35. The fourth-order valence-electron chi connectivity index (χ4n) is 2.93. The third-order valence-corrected chi connectivity index (χ3v) is 4.45. The van der Waals surface area contributed by atoms with Crippen molar-refractivity contribution in [3.05, 3.63) is 35.9 Å². The van der Waals surface area contributed by atoms with Crippen LogP contribution in [0.1, 0.15) is 32.3 Å². The number of anilines is 1. The molecular weight excluding hydrogens is 290 g/mol. The third-order valence-electron chi connectivity index (χ3n) is 4.45. The van der Waals surface area contributed by atoms with Crippen molar-refractivity contribution in [3.63, 3.8) is 0 Å². The average Bonchev–Trinajstić information content (AvgIpc) is 2.58. The first-order valence-electron chi connectivity index (χ1n) is 8.29. The highest BCUT2D eigenvalue weighted by Crippen LogP contribution is 2.22. The van der Waals surface area contributed by atoms with Gasteiger partial charge in [-0.25, -0.2) is 5.48 Å². The summed E-state index contributed by atoms with van der Waals surface area (Å²) in [4.78, 5) is 13.6. The maximum absolute atomic E-state index is 11.1. The molecule has 5 nitrogen and oxygen atoms in total. The minimum Gasteiger partial charge on any atom is -0.384 e. The number of hydroxylamine groups is 1. The lowest BCUT2D eigenvalue weighted by Gasteiger charge is -2.34. The van der Waals surface area contributed by atoms with E-state index in [-0.39, 0.29) is 0 Å². The van der Waals surface area contributed by atoms with Gasteiger partial charge in [-0.05, 0) is 63.4 Å². The number of carbonyl (C=O) groups is 1. The van der Waals surface area contributed by atoms with Crippen LogP contribution in [0.4, 0.5) is 5.69 Å². The molecule has 1 saturated heterocycles. The van der Waals surface area contributed by atoms with E-state index in [1.165, 1.54) is 32.0 Å². The van der Waals surface area contributed by atoms with Crippen LogP contribution >= 0.6 is 0 Å². The molecule has 1 aromatic rings. The Balaban J connectivity index is 1.89. The Labute approximate surface area is 138 Å². The molecule has 1 heterocycles. The molecule has 0 saturated carbocycles. The zero-order chi connectivity index (χ0) is 16.7. The van der Waals surface area contributed by atoms with Crippen LogP contribution in [0.3, 0.4) is 0 Å². The van der Waals surface area contributed by atoms with Crippen molar-refractivity contribution in [3.8, 4) is 0 Å². The molecule has 3 N–H and O–H groups in total. The fourth-order valence-corrected chi connectivity index (χ4v) is 2.93. The van der Waals surface area contributed by atoms with Crippen molar-refractivity contribution in [2.75, 3.05) is 25.0 Å². The summed E-state index contributed by atoms with van der Waals surface area (Å²) in [5.41, 5.74) is 3.56. The van der Waals surface area contributed by atoms with Gasteiger partial charge in [0.2, 0.25) is 0 Å². The second kappa shape index (κ2) is 8.70. The molecule has 0 spiro atoms. The van der Waals surface area contributed by atoms with E-state index >= 15 is 0 Å². The quantitative estimate of drug-likeness (QED) is 0.429. The molecule has 126 valence electrons. The molecule has 0 atom stereocenters. The molecule has 23 heavy (non-hydrogen) atoms. The molecule has 2 rings (SSSR count). The first-order chi connectivity index (χ1) is 11.1. The summed E-state index contributed by atoms with van der Waals surface area (Å²) in [5.74, 6) is 0.156. The molecule has 0 aliphatic carbocycles. The standard InChI is InChI=1S/C18H27N3O2/c1-14(2)21-11-9-15(10-12-21)13-19-17-6-4-3-5-16(17)7-8-18(22)20-23/h3-8,14-15,19,23H,9-13H2,1-2H3,(H,20,22)/b8-7+. The van der Waals surface area contributed by atoms with E-state index in [0.717, 1.165) is 17.8 Å². The van der Waals surface area contributed by atoms with Crippen LogP contribution in [-0.2, 0) is 4.79 Å². The molecule has 0 aromatic heterocycles. The predicted molar refractivity (Wildman–Crippen MR) is 93.3 cm³/mol. The van der Waals surface area contributed by atoms with E-state index in [1.807, 2.05) is 24.3 Å². The molecule has 1 aliphatic heterocycles. The molecule has 0 unspecified atom stereocenters. The van der Waals surface area contributed by atoms with Crippen LogP contribution < -0.4 is 10.8 Å². The molecule has 1 fully saturated rings. The van der Waals surface area contributed by atoms with Crippen LogP contribution in [0.25, 0.3) is 6.08 Å². The van der Waals surface area contributed by atoms with Crippen molar-refractivity contribution >= 4 is 17.7 Å². The smallest absolute Gasteiger partial charge is 0.267 e. The van der Waals surface area contributed by atoms with Gasteiger partial charge in [-0.3, -0.25) is 10.0 Å². The van der Waals surface area contributed by atoms with Gasteiger partial charge in [0.05, 0.1) is 0 Å². The number of nitrogens with one attached hydrogen (secondary N) is 2. The Kier molecular flexibility index (Phi) is 6.62. The van der Waals surface area contributed by atoms with Gasteiger partial charge in [-0.1, -0.05) is 18.2 Å². The topological polar surface area (TPSA) is 64.6 Å². The minimum absolute atomic E-state index is 0.527. The zero-order valence-corrected chi connectivity index (χ0v) is 14.0. The van der Waals surface area contributed by atoms with Crippen LogP contribution in [0.5, 0.6) is 0 Å². The van der Waals surface area contributed by atoms with Gasteiger partial charge in [0, 0.05) is 24.4 Å². The Morgan fingerprint density at radius 2 is 2.04 bits per heavy atom. The van der Waals surface area contributed by atoms with Gasteiger partial charge >= 0.3 is 0 Å². The van der Waals surface area contributed by atoms with Gasteiger partial charge in [0.25, 0.3) is 5.91 Å². The van der Waals surface area contributed by atoms with Crippen molar-refractivity contribution < 1.29 is 10.0 Å². The lowest BCUT2D eigenvalue weighted by molar-refractivity contribution is -0.124. The van der Waals surface area contributed by atoms with Crippen molar-refractivity contribution in [2.45, 2.75) is 32.7 Å². The maximum atomic E-state index is 11.1. The van der Waals surface area contributed by atoms with E-state index in [2.05, 4.69) is 24.1 Å². The highest BCUT2D eigenvalue weighted by molar-refractivity contribution is 5.91. The summed E-state index contributed by atoms with van der Waals surface area (Å²) in [7, 11) is 0. The molecule has 1 aliphatic rings. The van der Waals surface area contributed by atoms with Gasteiger partial charge in [-0.2, -0.15) is 0 Å². The third kappa shape index (κ3) is 5.37. The van der Waals surface area contributed by atoms with E-state index in [1.54, 1.807) is 11.6 Å². The molecule has 5 heteroatoms. The summed E-state index contributed by atoms with van der Waals surface area (Å²) in [6, 6.07) is 8.51. The van der Waals surface area contributed by atoms with Crippen molar-refractivity contribution in [1.29, 1.82) is 0 Å². The summed E-state index contributed by atoms with van der Waals surface area (Å²) >= 11 is 0. The lowest BCUT2D eigenvalue weighted by Crippen LogP contribution is -2.39. The van der Waals surface area contributed by atoms with E-state index in [4.69, 9.17) is 5.21 Å². The molecule has 0 bridgehead atoms. The lowest BCUT2D eigenvalue weighted by atomic mass is 9.95. The van der Waals surface area contributed by atoms with E-state index in [9.17, 15) is 4.79 Å². The summed E-state index contributed by atoms with van der Waals surface area (Å²) < 4.78 is 0. The van der Waals surface area contributed by atoms with Crippen LogP contribution in [0.15, 0.2) is 30.3 Å². The highest BCUT2D eigenvalue weighted by atomic mass is 16.5. The summed E-state index contributed by atoms with van der Waals surface area (Å²) in [6.45, 7) is 7.79. The zero-order valence-electron chi connectivity index (χ0n) is 14.0. The minimum atomic E-state index is -0.527. The highest BCUT2D eigenvalue weighted by Gasteiger charge is 2.20. The predicted octanol–water partition coefficient (Wildman–Crippen LogP) is 2.74. The van der Waals surface area contributed by atoms with E-state index in [0.29, 0.717) is 12.0 Å². The first-order valence-corrected chi connectivity index (χ1v) is 8.29. The number of carbonyl (C=O) groups excluding carboxylic acids is 1. The fraction of sp³-hybridized carbons (Fsp3) is 0.500. The Bertz CT molecular complexity index is 535. The Hall–Kier alpha value is -1.85. The number of hydrogen-bond donors (Lipinski definition) is 3. The number of para-hydroxylation sites is 1. The first kappa shape index (κ1) is 17.5. The van der Waals surface area contributed by atoms with Gasteiger partial charge < -0.3 is 10.2 Å². The number of amides is 1. The Morgan fingerprint density at radius 1 is 1.35 bits per heavy atom. The molecule has 1 aromatic carbocycles. The average molecular weight is 317 g/mol. The normalized spacial score (nSPS) is 16.9. The molecular formula is C18H27N3O2. The van der Waals surface area contributed by atoms with Crippen molar-refractivity contribution in [1.82, 2.24) is 10.4 Å². The number of piperidine rings is 1. The number of nitrogens with zero attached hydrogens (tertiary/aromatic N) is 1. The van der Waals surface area contributed by atoms with Gasteiger partial charge in [-0.15, -0.1) is 0 Å². The summed E-state index contributed by atoms with van der Waals surface area (Å²) in [6.07, 6.45) is 5.46. The number of rotatable bonds is 6. The molecule has 0 radical (unpaired) electrons. The number of hydrogen-bond acceptors (Lipinski definition) is 4. The second-order valence-electron chi connectivity index (χ2n) is 6.35. The van der Waals surface area contributed by atoms with Crippen molar-refractivity contribution in [2.24, 2.45) is 5.92 Å². The number of benzene rings is 1. The van der Waals surface area contributed by atoms with Crippen LogP contribution in [0.2, 0.25) is 0 Å². The Morgan fingerprint density at radius 3 is 2.70 bits per heavy atom. The SMILES string of the molecule is CC(C)N1CCC(CNc2ccccc2/C=C/C(=O)NO)CC1. The van der Waals surface area contributed by atoms with Crippen LogP contribution in [-0.4, -0.2) is 41.7 Å². The van der Waals surface area contributed by atoms with E-state index < -0.39 is 5.91 Å². The number of likely N-dealkylation sites (tertiary alicyclic amines) is 1. The maximum Gasteiger partial charge on any atom is 0.267 e. The van der Waals surface area contributed by atoms with Crippen LogP contribution in [0, 0.1) is 5.92 Å². The largest absolute Gasteiger partial charge is 0.384 e. The summed E-state index contributed by atoms with van der Waals surface area (Å²) in [5, 5.41) is 12.1. The van der Waals surface area contributed by atoms with Gasteiger partial charge in [0.15, 0.2) is 0 Å². The monoisotopic (exact) mass is 317 g/mol. The van der Waals surface area contributed by atoms with Gasteiger partial charge in [0.1, 0.15) is 0 Å².